The van der Waals surface area contributed by atoms with Gasteiger partial charge in [0.2, 0.25) is 0 Å². The lowest BCUT2D eigenvalue weighted by Crippen LogP contribution is -2.40. The van der Waals surface area contributed by atoms with Crippen molar-refractivity contribution < 1.29 is 0 Å². The van der Waals surface area contributed by atoms with Crippen LogP contribution in [0.3, 0.4) is 0 Å². The Balaban J connectivity index is 0.000000508. The van der Waals surface area contributed by atoms with Gasteiger partial charge in [-0.1, -0.05) is 55.7 Å². The van der Waals surface area contributed by atoms with Crippen LogP contribution in [0, 0.1) is 18.8 Å². The fourth-order valence-corrected chi connectivity index (χ4v) is 3.40. The van der Waals surface area contributed by atoms with Gasteiger partial charge in [0.15, 0.2) is 0 Å². The molecule has 0 aromatic heterocycles. The zero-order valence-corrected chi connectivity index (χ0v) is 19.3. The predicted octanol–water partition coefficient (Wildman–Crippen LogP) is 5.63. The van der Waals surface area contributed by atoms with Crippen LogP contribution in [-0.4, -0.2) is 32.2 Å². The van der Waals surface area contributed by atoms with E-state index in [9.17, 15) is 0 Å². The summed E-state index contributed by atoms with van der Waals surface area (Å²) in [5.74, 6) is 0.828. The minimum atomic E-state index is -0.0403. The smallest absolute Gasteiger partial charge is 0.0497 e. The molecule has 1 aromatic carbocycles. The highest BCUT2D eigenvalue weighted by Gasteiger charge is 2.28. The Morgan fingerprint density at radius 1 is 1.07 bits per heavy atom. The first-order chi connectivity index (χ1) is 14.0. The third kappa shape index (κ3) is 10.9. The lowest BCUT2D eigenvalue weighted by molar-refractivity contribution is 0.380. The van der Waals surface area contributed by atoms with E-state index in [4.69, 9.17) is 0 Å². The molecule has 2 rings (SSSR count). The molecule has 0 radical (unpaired) electrons. The molecule has 1 aromatic rings. The van der Waals surface area contributed by atoms with Crippen molar-refractivity contribution in [3.05, 3.63) is 54.6 Å². The van der Waals surface area contributed by atoms with E-state index in [1.54, 1.807) is 5.57 Å². The number of benzene rings is 1. The van der Waals surface area contributed by atoms with E-state index in [0.717, 1.165) is 18.2 Å². The van der Waals surface area contributed by atoms with Crippen molar-refractivity contribution in [1.29, 1.82) is 0 Å². The van der Waals surface area contributed by atoms with Crippen molar-refractivity contribution in [2.45, 2.75) is 64.5 Å². The summed E-state index contributed by atoms with van der Waals surface area (Å²) in [6.45, 7) is 11.4. The molecule has 0 spiro atoms. The van der Waals surface area contributed by atoms with E-state index in [1.807, 2.05) is 43.5 Å². The van der Waals surface area contributed by atoms with Crippen LogP contribution in [0.2, 0.25) is 0 Å². The molecular formula is C26H43N3. The van der Waals surface area contributed by atoms with Gasteiger partial charge in [-0.3, -0.25) is 0 Å². The van der Waals surface area contributed by atoms with Gasteiger partial charge in [-0.05, 0) is 71.8 Å². The highest BCUT2D eigenvalue weighted by molar-refractivity contribution is 5.45. The van der Waals surface area contributed by atoms with E-state index >= 15 is 0 Å². The number of hydrogen-bond donors (Lipinski definition) is 3. The molecule has 3 N–H and O–H groups in total. The largest absolute Gasteiger partial charge is 0.377 e. The van der Waals surface area contributed by atoms with Gasteiger partial charge in [0.05, 0.1) is 0 Å². The number of anilines is 1. The van der Waals surface area contributed by atoms with Crippen LogP contribution in [0.15, 0.2) is 54.6 Å². The summed E-state index contributed by atoms with van der Waals surface area (Å²) >= 11 is 0. The molecule has 29 heavy (non-hydrogen) atoms. The molecule has 3 heteroatoms. The SMILES string of the molecule is C#C.C=CC(C)(C)Nc1ccccc1.CCC1=CC(NC)C1CCCCCNC. The van der Waals surface area contributed by atoms with Crippen molar-refractivity contribution in [3.8, 4) is 12.8 Å². The van der Waals surface area contributed by atoms with Crippen LogP contribution in [0.4, 0.5) is 5.69 Å². The Labute approximate surface area is 180 Å². The molecule has 1 aliphatic carbocycles. The van der Waals surface area contributed by atoms with Gasteiger partial charge < -0.3 is 16.0 Å². The van der Waals surface area contributed by atoms with Crippen LogP contribution in [0.5, 0.6) is 0 Å². The van der Waals surface area contributed by atoms with Gasteiger partial charge in [-0.15, -0.1) is 19.4 Å². The van der Waals surface area contributed by atoms with E-state index in [1.165, 1.54) is 32.1 Å². The van der Waals surface area contributed by atoms with Crippen LogP contribution in [0.1, 0.15) is 52.9 Å². The van der Waals surface area contributed by atoms with E-state index in [-0.39, 0.29) is 5.54 Å². The lowest BCUT2D eigenvalue weighted by Gasteiger charge is -2.36. The quantitative estimate of drug-likeness (QED) is 0.257. The van der Waals surface area contributed by atoms with E-state index in [0.29, 0.717) is 6.04 Å². The third-order valence-corrected chi connectivity index (χ3v) is 5.24. The van der Waals surface area contributed by atoms with Crippen LogP contribution in [0.25, 0.3) is 0 Å². The van der Waals surface area contributed by atoms with Crippen molar-refractivity contribution in [1.82, 2.24) is 10.6 Å². The maximum absolute atomic E-state index is 4.00. The number of unbranched alkanes of at least 4 members (excludes halogenated alkanes) is 2. The molecule has 2 unspecified atom stereocenters. The molecule has 3 nitrogen and oxygen atoms in total. The molecular weight excluding hydrogens is 354 g/mol. The lowest BCUT2D eigenvalue weighted by atomic mass is 9.75. The fraction of sp³-hybridized carbons (Fsp3) is 0.538. The average molecular weight is 398 g/mol. The standard InChI is InChI=1S/C13H26N2.C11H15N.C2H2/c1-4-11-10-13(15-3)12(11)8-6-5-7-9-14-2;1-4-11(2,3)12-10-8-6-5-7-9-10;1-2/h10,12-15H,4-9H2,1-3H3;4-9,12H,1H2,2-3H3;1-2H. The molecule has 2 atom stereocenters. The molecule has 0 aliphatic heterocycles. The second-order valence-corrected chi connectivity index (χ2v) is 7.89. The third-order valence-electron chi connectivity index (χ3n) is 5.24. The summed E-state index contributed by atoms with van der Waals surface area (Å²) < 4.78 is 0. The molecule has 1 aliphatic rings. The van der Waals surface area contributed by atoms with Crippen LogP contribution in [-0.2, 0) is 0 Å². The highest BCUT2D eigenvalue weighted by atomic mass is 14.9. The van der Waals surface area contributed by atoms with Gasteiger partial charge in [0.1, 0.15) is 0 Å². The number of terminal acetylenes is 1. The first-order valence-corrected chi connectivity index (χ1v) is 10.8. The van der Waals surface area contributed by atoms with Gasteiger partial charge >= 0.3 is 0 Å². The highest BCUT2D eigenvalue weighted by Crippen LogP contribution is 2.34. The number of nitrogens with one attached hydrogen (secondary N) is 3. The summed E-state index contributed by atoms with van der Waals surface area (Å²) in [4.78, 5) is 0. The molecule has 0 saturated carbocycles. The average Bonchev–Trinajstić information content (AvgIpc) is 2.73. The molecule has 0 amide bonds. The monoisotopic (exact) mass is 397 g/mol. The molecule has 162 valence electrons. The number of rotatable bonds is 11. The summed E-state index contributed by atoms with van der Waals surface area (Å²) in [6.07, 6.45) is 19.0. The zero-order valence-electron chi connectivity index (χ0n) is 19.3. The van der Waals surface area contributed by atoms with Gasteiger partial charge in [0, 0.05) is 17.3 Å². The Morgan fingerprint density at radius 2 is 1.72 bits per heavy atom. The summed E-state index contributed by atoms with van der Waals surface area (Å²) in [5, 5.41) is 9.93. The van der Waals surface area contributed by atoms with Crippen LogP contribution >= 0.6 is 0 Å². The summed E-state index contributed by atoms with van der Waals surface area (Å²) in [7, 11) is 4.10. The van der Waals surface area contributed by atoms with Crippen molar-refractivity contribution in [2.75, 3.05) is 26.0 Å². The number of hydrogen-bond acceptors (Lipinski definition) is 3. The van der Waals surface area contributed by atoms with Crippen molar-refractivity contribution in [3.63, 3.8) is 0 Å². The topological polar surface area (TPSA) is 36.1 Å². The maximum atomic E-state index is 4.00. The van der Waals surface area contributed by atoms with Crippen molar-refractivity contribution >= 4 is 5.69 Å². The zero-order chi connectivity index (χ0) is 22.1. The van der Waals surface area contributed by atoms with Crippen molar-refractivity contribution in [2.24, 2.45) is 5.92 Å². The minimum absolute atomic E-state index is 0.0403. The van der Waals surface area contributed by atoms with E-state index < -0.39 is 0 Å². The number of likely N-dealkylation sites (N-methyl/N-ethyl adjacent to an activating group) is 1. The second-order valence-electron chi connectivity index (χ2n) is 7.89. The Kier molecular flexibility index (Phi) is 14.7. The fourth-order valence-electron chi connectivity index (χ4n) is 3.40. The van der Waals surface area contributed by atoms with Gasteiger partial charge in [-0.25, -0.2) is 0 Å². The summed E-state index contributed by atoms with van der Waals surface area (Å²) in [6, 6.07) is 10.8. The van der Waals surface area contributed by atoms with E-state index in [2.05, 4.69) is 69.3 Å². The molecule has 0 fully saturated rings. The minimum Gasteiger partial charge on any atom is -0.377 e. The first-order valence-electron chi connectivity index (χ1n) is 10.8. The van der Waals surface area contributed by atoms with Gasteiger partial charge in [0.25, 0.3) is 0 Å². The second kappa shape index (κ2) is 15.9. The Morgan fingerprint density at radius 3 is 2.24 bits per heavy atom. The number of para-hydroxylation sites is 1. The predicted molar refractivity (Wildman–Crippen MR) is 131 cm³/mol. The molecule has 0 bridgehead atoms. The summed E-state index contributed by atoms with van der Waals surface area (Å²) in [5.41, 5.74) is 2.76. The normalized spacial score (nSPS) is 17.4. The molecule has 0 saturated heterocycles. The van der Waals surface area contributed by atoms with Crippen LogP contribution < -0.4 is 16.0 Å². The Hall–Kier alpha value is -2.02. The maximum Gasteiger partial charge on any atom is 0.0497 e. The molecule has 0 heterocycles. The first kappa shape index (κ1) is 27.0. The Bertz CT molecular complexity index is 586. The van der Waals surface area contributed by atoms with Gasteiger partial charge in [-0.2, -0.15) is 0 Å².